The van der Waals surface area contributed by atoms with Crippen LogP contribution in [-0.4, -0.2) is 12.1 Å². The van der Waals surface area contributed by atoms with Gasteiger partial charge in [0.25, 0.3) is 0 Å². The van der Waals surface area contributed by atoms with E-state index in [2.05, 4.69) is 11.9 Å². The number of nitrogens with two attached hydrogens (primary N) is 1. The van der Waals surface area contributed by atoms with Crippen LogP contribution in [0.3, 0.4) is 0 Å². The first-order chi connectivity index (χ1) is 5.69. The highest BCUT2D eigenvalue weighted by atomic mass is 16.5. The fourth-order valence-corrected chi connectivity index (χ4v) is 1.16. The lowest BCUT2D eigenvalue weighted by Crippen LogP contribution is -2.00. The molecule has 0 fully saturated rings. The molecule has 1 aromatic heterocycles. The molecule has 0 aromatic carbocycles. The fourth-order valence-electron chi connectivity index (χ4n) is 1.16. The number of anilines is 1. The van der Waals surface area contributed by atoms with Crippen LogP contribution in [0.2, 0.25) is 0 Å². The maximum Gasteiger partial charge on any atom is 0.237 e. The number of ether oxygens (including phenoxy) is 1. The predicted molar refractivity (Wildman–Crippen MR) is 49.3 cm³/mol. The summed E-state index contributed by atoms with van der Waals surface area (Å²) in [5.74, 6) is 0.518. The van der Waals surface area contributed by atoms with Gasteiger partial charge in [0.2, 0.25) is 5.88 Å². The van der Waals surface area contributed by atoms with Gasteiger partial charge in [0.15, 0.2) is 0 Å². The number of aromatic nitrogens is 1. The molecule has 0 radical (unpaired) electrons. The van der Waals surface area contributed by atoms with Crippen LogP contribution in [0.1, 0.15) is 18.2 Å². The van der Waals surface area contributed by atoms with Crippen LogP contribution in [0.4, 0.5) is 5.69 Å². The van der Waals surface area contributed by atoms with Crippen molar-refractivity contribution < 1.29 is 4.74 Å². The monoisotopic (exact) mass is 166 g/mol. The van der Waals surface area contributed by atoms with Crippen molar-refractivity contribution in [1.29, 1.82) is 0 Å². The van der Waals surface area contributed by atoms with E-state index in [1.807, 2.05) is 13.0 Å². The first-order valence-corrected chi connectivity index (χ1v) is 3.99. The second-order valence-corrected chi connectivity index (χ2v) is 2.68. The van der Waals surface area contributed by atoms with Gasteiger partial charge in [0.05, 0.1) is 12.8 Å². The second-order valence-electron chi connectivity index (χ2n) is 2.68. The third-order valence-electron chi connectivity index (χ3n) is 1.88. The number of pyridine rings is 1. The maximum atomic E-state index is 5.69. The number of hydrogen-bond donors (Lipinski definition) is 1. The molecule has 0 aliphatic carbocycles. The normalized spacial score (nSPS) is 9.92. The second kappa shape index (κ2) is 3.43. The molecule has 0 unspecified atom stereocenters. The average Bonchev–Trinajstić information content (AvgIpc) is 2.08. The van der Waals surface area contributed by atoms with Crippen molar-refractivity contribution in [3.05, 3.63) is 17.3 Å². The number of methoxy groups -OCH3 is 1. The van der Waals surface area contributed by atoms with Crippen molar-refractivity contribution in [2.75, 3.05) is 12.8 Å². The summed E-state index contributed by atoms with van der Waals surface area (Å²) in [5, 5.41) is 0. The Kier molecular flexibility index (Phi) is 2.53. The van der Waals surface area contributed by atoms with Gasteiger partial charge in [-0.1, -0.05) is 6.92 Å². The lowest BCUT2D eigenvalue weighted by atomic mass is 10.1. The lowest BCUT2D eigenvalue weighted by Gasteiger charge is -2.07. The van der Waals surface area contributed by atoms with Gasteiger partial charge < -0.3 is 10.5 Å². The van der Waals surface area contributed by atoms with Gasteiger partial charge in [-0.25, -0.2) is 4.98 Å². The maximum absolute atomic E-state index is 5.69. The van der Waals surface area contributed by atoms with Crippen LogP contribution < -0.4 is 10.5 Å². The van der Waals surface area contributed by atoms with E-state index in [1.165, 1.54) is 5.56 Å². The van der Waals surface area contributed by atoms with Crippen molar-refractivity contribution in [3.63, 3.8) is 0 Å². The average molecular weight is 166 g/mol. The highest BCUT2D eigenvalue weighted by molar-refractivity contribution is 5.51. The van der Waals surface area contributed by atoms with Crippen LogP contribution in [0, 0.1) is 6.92 Å². The summed E-state index contributed by atoms with van der Waals surface area (Å²) in [6.45, 7) is 4.04. The Morgan fingerprint density at radius 3 is 2.75 bits per heavy atom. The van der Waals surface area contributed by atoms with E-state index < -0.39 is 0 Å². The number of hydrogen-bond acceptors (Lipinski definition) is 3. The van der Waals surface area contributed by atoms with E-state index in [-0.39, 0.29) is 0 Å². The molecule has 3 nitrogen and oxygen atoms in total. The molecule has 1 rings (SSSR count). The van der Waals surface area contributed by atoms with E-state index >= 15 is 0 Å². The summed E-state index contributed by atoms with van der Waals surface area (Å²) in [5.41, 5.74) is 8.46. The molecule has 0 atom stereocenters. The van der Waals surface area contributed by atoms with Gasteiger partial charge in [-0.3, -0.25) is 0 Å². The summed E-state index contributed by atoms with van der Waals surface area (Å²) in [4.78, 5) is 4.21. The third-order valence-corrected chi connectivity index (χ3v) is 1.88. The summed E-state index contributed by atoms with van der Waals surface area (Å²) < 4.78 is 4.99. The van der Waals surface area contributed by atoms with E-state index in [4.69, 9.17) is 10.5 Å². The molecule has 0 aliphatic rings. The molecular formula is C9H14N2O. The number of aryl methyl sites for hydroxylation is 2. The molecule has 1 heterocycles. The van der Waals surface area contributed by atoms with Gasteiger partial charge in [0, 0.05) is 5.69 Å². The third kappa shape index (κ3) is 1.49. The van der Waals surface area contributed by atoms with Crippen LogP contribution in [0.15, 0.2) is 6.07 Å². The molecule has 1 aromatic rings. The standard InChI is InChI=1S/C9H14N2O/c1-4-7-5-8(10)9(12-3)11-6(7)2/h5H,4,10H2,1-3H3. The Morgan fingerprint density at radius 2 is 2.25 bits per heavy atom. The van der Waals surface area contributed by atoms with Crippen molar-refractivity contribution in [2.24, 2.45) is 0 Å². The Bertz CT molecular complexity index is 254. The highest BCUT2D eigenvalue weighted by Gasteiger charge is 2.04. The van der Waals surface area contributed by atoms with Crippen molar-refractivity contribution in [3.8, 4) is 5.88 Å². The van der Waals surface area contributed by atoms with Crippen LogP contribution in [-0.2, 0) is 6.42 Å². The van der Waals surface area contributed by atoms with Gasteiger partial charge in [-0.15, -0.1) is 0 Å². The van der Waals surface area contributed by atoms with Crippen LogP contribution >= 0.6 is 0 Å². The molecule has 3 heteroatoms. The minimum absolute atomic E-state index is 0.518. The molecule has 0 spiro atoms. The van der Waals surface area contributed by atoms with Crippen molar-refractivity contribution in [2.45, 2.75) is 20.3 Å². The Balaban J connectivity index is 3.16. The highest BCUT2D eigenvalue weighted by Crippen LogP contribution is 2.21. The zero-order valence-corrected chi connectivity index (χ0v) is 7.72. The molecule has 0 amide bonds. The van der Waals surface area contributed by atoms with Gasteiger partial charge in [0.1, 0.15) is 0 Å². The molecule has 0 bridgehead atoms. The minimum Gasteiger partial charge on any atom is -0.480 e. The van der Waals surface area contributed by atoms with E-state index in [0.717, 1.165) is 12.1 Å². The molecular weight excluding hydrogens is 152 g/mol. The van der Waals surface area contributed by atoms with Gasteiger partial charge >= 0.3 is 0 Å². The number of rotatable bonds is 2. The summed E-state index contributed by atoms with van der Waals surface area (Å²) in [6, 6.07) is 1.92. The van der Waals surface area contributed by atoms with Crippen molar-refractivity contribution in [1.82, 2.24) is 4.98 Å². The summed E-state index contributed by atoms with van der Waals surface area (Å²) in [6.07, 6.45) is 0.951. The largest absolute Gasteiger partial charge is 0.480 e. The Labute approximate surface area is 72.6 Å². The summed E-state index contributed by atoms with van der Waals surface area (Å²) >= 11 is 0. The fraction of sp³-hybridized carbons (Fsp3) is 0.444. The zero-order chi connectivity index (χ0) is 9.14. The molecule has 0 aliphatic heterocycles. The minimum atomic E-state index is 0.518. The lowest BCUT2D eigenvalue weighted by molar-refractivity contribution is 0.399. The van der Waals surface area contributed by atoms with Gasteiger partial charge in [-0.2, -0.15) is 0 Å². The van der Waals surface area contributed by atoms with Crippen LogP contribution in [0.5, 0.6) is 5.88 Å². The zero-order valence-electron chi connectivity index (χ0n) is 7.72. The Hall–Kier alpha value is -1.25. The molecule has 66 valence electrons. The first-order valence-electron chi connectivity index (χ1n) is 3.99. The molecule has 12 heavy (non-hydrogen) atoms. The topological polar surface area (TPSA) is 48.1 Å². The quantitative estimate of drug-likeness (QED) is 0.725. The predicted octanol–water partition coefficient (Wildman–Crippen LogP) is 1.54. The van der Waals surface area contributed by atoms with E-state index in [1.54, 1.807) is 7.11 Å². The van der Waals surface area contributed by atoms with Crippen molar-refractivity contribution >= 4 is 5.69 Å². The van der Waals surface area contributed by atoms with Crippen LogP contribution in [0.25, 0.3) is 0 Å². The molecule has 0 saturated heterocycles. The number of nitrogen functional groups attached to an aromatic ring is 1. The Morgan fingerprint density at radius 1 is 1.58 bits per heavy atom. The number of nitrogens with zero attached hydrogens (tertiary/aromatic N) is 1. The smallest absolute Gasteiger partial charge is 0.237 e. The van der Waals surface area contributed by atoms with E-state index in [0.29, 0.717) is 11.6 Å². The summed E-state index contributed by atoms with van der Waals surface area (Å²) in [7, 11) is 1.57. The first kappa shape index (κ1) is 8.84. The van der Waals surface area contributed by atoms with E-state index in [9.17, 15) is 0 Å². The SMILES string of the molecule is CCc1cc(N)c(OC)nc1C. The van der Waals surface area contributed by atoms with Gasteiger partial charge in [-0.05, 0) is 25.0 Å². The molecule has 2 N–H and O–H groups in total. The molecule has 0 saturated carbocycles.